The van der Waals surface area contributed by atoms with Gasteiger partial charge >= 0.3 is 0 Å². The maximum Gasteiger partial charge on any atom is 0.241 e. The van der Waals surface area contributed by atoms with Gasteiger partial charge in [-0.2, -0.15) is 5.26 Å². The Bertz CT molecular complexity index is 389. The molecule has 0 unspecified atom stereocenters. The number of hydrogen-bond donors (Lipinski definition) is 0. The molecule has 0 radical (unpaired) electrons. The first-order valence-corrected chi connectivity index (χ1v) is 5.49. The molecule has 84 valence electrons. The Hall–Kier alpha value is -1.82. The highest BCUT2D eigenvalue weighted by Gasteiger charge is 2.12. The van der Waals surface area contributed by atoms with E-state index in [0.29, 0.717) is 6.54 Å². The van der Waals surface area contributed by atoms with Gasteiger partial charge in [0, 0.05) is 12.2 Å². The first kappa shape index (κ1) is 12.3. The van der Waals surface area contributed by atoms with Gasteiger partial charge in [0.15, 0.2) is 0 Å². The van der Waals surface area contributed by atoms with Crippen LogP contribution in [0.4, 0.5) is 5.69 Å². The highest BCUT2D eigenvalue weighted by atomic mass is 16.2. The maximum absolute atomic E-state index is 11.6. The predicted octanol–water partition coefficient (Wildman–Crippen LogP) is 2.52. The Morgan fingerprint density at radius 3 is 2.38 bits per heavy atom. The smallest absolute Gasteiger partial charge is 0.241 e. The lowest BCUT2D eigenvalue weighted by Gasteiger charge is -2.19. The molecular weight excluding hydrogens is 200 g/mol. The van der Waals surface area contributed by atoms with Crippen LogP contribution in [0.3, 0.4) is 0 Å². The average molecular weight is 216 g/mol. The Morgan fingerprint density at radius 1 is 1.31 bits per heavy atom. The van der Waals surface area contributed by atoms with Crippen molar-refractivity contribution in [3.63, 3.8) is 0 Å². The van der Waals surface area contributed by atoms with E-state index >= 15 is 0 Å². The summed E-state index contributed by atoms with van der Waals surface area (Å²) in [6, 6.07) is 9.76. The number of aryl methyl sites for hydroxylation is 1. The molecule has 16 heavy (non-hydrogen) atoms. The summed E-state index contributed by atoms with van der Waals surface area (Å²) in [5, 5.41) is 8.51. The number of carbonyl (C=O) groups excluding carboxylic acids is 1. The van der Waals surface area contributed by atoms with Gasteiger partial charge in [-0.25, -0.2) is 0 Å². The molecule has 1 aromatic rings. The minimum absolute atomic E-state index is 0.0661. The van der Waals surface area contributed by atoms with Crippen LogP contribution in [0, 0.1) is 11.3 Å². The zero-order valence-electron chi connectivity index (χ0n) is 9.73. The van der Waals surface area contributed by atoms with Gasteiger partial charge in [-0.15, -0.1) is 0 Å². The van der Waals surface area contributed by atoms with Crippen molar-refractivity contribution in [2.75, 3.05) is 11.4 Å². The minimum Gasteiger partial charge on any atom is -0.312 e. The van der Waals surface area contributed by atoms with Crippen LogP contribution in [0.25, 0.3) is 0 Å². The number of nitriles is 1. The molecule has 1 rings (SSSR count). The summed E-state index contributed by atoms with van der Waals surface area (Å²) < 4.78 is 0. The number of amides is 1. The lowest BCUT2D eigenvalue weighted by atomic mass is 10.1. The third kappa shape index (κ3) is 2.83. The highest BCUT2D eigenvalue weighted by Crippen LogP contribution is 2.16. The summed E-state index contributed by atoms with van der Waals surface area (Å²) in [5.41, 5.74) is 2.10. The first-order chi connectivity index (χ1) is 7.72. The zero-order valence-corrected chi connectivity index (χ0v) is 9.73. The number of rotatable bonds is 4. The van der Waals surface area contributed by atoms with Crippen LogP contribution in [-0.2, 0) is 11.2 Å². The number of nitrogens with zero attached hydrogens (tertiary/aromatic N) is 2. The monoisotopic (exact) mass is 216 g/mol. The molecule has 3 heteroatoms. The lowest BCUT2D eigenvalue weighted by Crippen LogP contribution is -2.29. The topological polar surface area (TPSA) is 44.1 Å². The lowest BCUT2D eigenvalue weighted by molar-refractivity contribution is -0.117. The van der Waals surface area contributed by atoms with E-state index in [2.05, 4.69) is 6.92 Å². The van der Waals surface area contributed by atoms with Crippen molar-refractivity contribution in [2.24, 2.45) is 0 Å². The van der Waals surface area contributed by atoms with Gasteiger partial charge in [-0.3, -0.25) is 4.79 Å². The summed E-state index contributed by atoms with van der Waals surface area (Å²) in [5.74, 6) is -0.144. The molecule has 0 saturated carbocycles. The van der Waals surface area contributed by atoms with Crippen LogP contribution < -0.4 is 4.90 Å². The third-order valence-electron chi connectivity index (χ3n) is 2.50. The first-order valence-electron chi connectivity index (χ1n) is 5.49. The summed E-state index contributed by atoms with van der Waals surface area (Å²) in [6.45, 7) is 4.59. The SMILES string of the molecule is CCc1ccc(N(CC)C(=O)CC#N)cc1. The van der Waals surface area contributed by atoms with E-state index in [0.717, 1.165) is 12.1 Å². The largest absolute Gasteiger partial charge is 0.312 e. The standard InChI is InChI=1S/C13H16N2O/c1-3-11-5-7-12(8-6-11)15(4-2)13(16)9-10-14/h5-8H,3-4,9H2,1-2H3. The molecule has 0 aromatic heterocycles. The van der Waals surface area contributed by atoms with E-state index in [9.17, 15) is 4.79 Å². The van der Waals surface area contributed by atoms with Crippen LogP contribution in [-0.4, -0.2) is 12.5 Å². The Balaban J connectivity index is 2.87. The van der Waals surface area contributed by atoms with Crippen molar-refractivity contribution in [1.29, 1.82) is 5.26 Å². The summed E-state index contributed by atoms with van der Waals surface area (Å²) in [6.07, 6.45) is 0.919. The van der Waals surface area contributed by atoms with Crippen molar-refractivity contribution in [1.82, 2.24) is 0 Å². The molecule has 0 fully saturated rings. The van der Waals surface area contributed by atoms with Gasteiger partial charge in [-0.1, -0.05) is 19.1 Å². The van der Waals surface area contributed by atoms with Crippen molar-refractivity contribution in [2.45, 2.75) is 26.7 Å². The molecule has 1 amide bonds. The molecule has 0 aliphatic rings. The van der Waals surface area contributed by atoms with Crippen LogP contribution in [0.5, 0.6) is 0 Å². The average Bonchev–Trinajstić information content (AvgIpc) is 2.31. The number of carbonyl (C=O) groups is 1. The van der Waals surface area contributed by atoms with E-state index in [1.807, 2.05) is 37.3 Å². The van der Waals surface area contributed by atoms with Crippen LogP contribution in [0.15, 0.2) is 24.3 Å². The summed E-state index contributed by atoms with van der Waals surface area (Å²) in [7, 11) is 0. The molecule has 0 aliphatic carbocycles. The molecule has 0 aliphatic heterocycles. The van der Waals surface area contributed by atoms with E-state index < -0.39 is 0 Å². The molecule has 0 N–H and O–H groups in total. The van der Waals surface area contributed by atoms with Crippen LogP contribution >= 0.6 is 0 Å². The molecule has 3 nitrogen and oxygen atoms in total. The molecular formula is C13H16N2O. The third-order valence-corrected chi connectivity index (χ3v) is 2.50. The van der Waals surface area contributed by atoms with Crippen molar-refractivity contribution >= 4 is 11.6 Å². The van der Waals surface area contributed by atoms with Gasteiger partial charge in [0.05, 0.1) is 6.07 Å². The van der Waals surface area contributed by atoms with Crippen molar-refractivity contribution in [3.8, 4) is 6.07 Å². The Kier molecular flexibility index (Phi) is 4.53. The quantitative estimate of drug-likeness (QED) is 0.776. The van der Waals surface area contributed by atoms with Gasteiger partial charge in [0.25, 0.3) is 0 Å². The molecule has 0 atom stereocenters. The number of hydrogen-bond acceptors (Lipinski definition) is 2. The predicted molar refractivity (Wildman–Crippen MR) is 64.1 cm³/mol. The second-order valence-electron chi connectivity index (χ2n) is 3.49. The Labute approximate surface area is 96.3 Å². The van der Waals surface area contributed by atoms with Gasteiger partial charge in [0.1, 0.15) is 6.42 Å². The Morgan fingerprint density at radius 2 is 1.94 bits per heavy atom. The molecule has 0 saturated heterocycles. The summed E-state index contributed by atoms with van der Waals surface area (Å²) >= 11 is 0. The maximum atomic E-state index is 11.6. The number of anilines is 1. The molecule has 1 aromatic carbocycles. The van der Waals surface area contributed by atoms with E-state index in [1.54, 1.807) is 4.90 Å². The van der Waals surface area contributed by atoms with E-state index in [-0.39, 0.29) is 12.3 Å². The second kappa shape index (κ2) is 5.92. The fourth-order valence-corrected chi connectivity index (χ4v) is 1.58. The zero-order chi connectivity index (χ0) is 12.0. The molecule has 0 heterocycles. The van der Waals surface area contributed by atoms with Crippen molar-refractivity contribution in [3.05, 3.63) is 29.8 Å². The number of benzene rings is 1. The second-order valence-corrected chi connectivity index (χ2v) is 3.49. The van der Waals surface area contributed by atoms with Crippen LogP contribution in [0.1, 0.15) is 25.8 Å². The van der Waals surface area contributed by atoms with Crippen molar-refractivity contribution < 1.29 is 4.79 Å². The van der Waals surface area contributed by atoms with E-state index in [1.165, 1.54) is 5.56 Å². The van der Waals surface area contributed by atoms with Gasteiger partial charge in [-0.05, 0) is 31.0 Å². The normalized spacial score (nSPS) is 9.56. The minimum atomic E-state index is -0.144. The fourth-order valence-electron chi connectivity index (χ4n) is 1.58. The van der Waals surface area contributed by atoms with Gasteiger partial charge < -0.3 is 4.90 Å². The molecule has 0 bridgehead atoms. The summed E-state index contributed by atoms with van der Waals surface area (Å²) in [4.78, 5) is 13.3. The van der Waals surface area contributed by atoms with Gasteiger partial charge in [0.2, 0.25) is 5.91 Å². The molecule has 0 spiro atoms. The highest BCUT2D eigenvalue weighted by molar-refractivity contribution is 5.94. The van der Waals surface area contributed by atoms with E-state index in [4.69, 9.17) is 5.26 Å². The van der Waals surface area contributed by atoms with Crippen LogP contribution in [0.2, 0.25) is 0 Å². The fraction of sp³-hybridized carbons (Fsp3) is 0.385.